The van der Waals surface area contributed by atoms with Gasteiger partial charge >= 0.3 is 0 Å². The van der Waals surface area contributed by atoms with E-state index in [9.17, 15) is 4.79 Å². The molecule has 0 aliphatic heterocycles. The summed E-state index contributed by atoms with van der Waals surface area (Å²) in [6.45, 7) is 10.5. The van der Waals surface area contributed by atoms with E-state index in [1.54, 1.807) is 18.4 Å². The van der Waals surface area contributed by atoms with Crippen LogP contribution in [0.25, 0.3) is 10.9 Å². The van der Waals surface area contributed by atoms with Gasteiger partial charge in [0.05, 0.1) is 23.7 Å². The van der Waals surface area contributed by atoms with Crippen LogP contribution in [0.15, 0.2) is 61.8 Å². The average molecular weight is 563 g/mol. The normalized spacial score (nSPS) is 12.3. The Morgan fingerprint density at radius 3 is 2.62 bits per heavy atom. The highest BCUT2D eigenvalue weighted by atomic mass is 79.9. The fourth-order valence-electron chi connectivity index (χ4n) is 3.08. The summed E-state index contributed by atoms with van der Waals surface area (Å²) < 4.78 is 14.4. The third kappa shape index (κ3) is 5.30. The lowest BCUT2D eigenvalue weighted by Gasteiger charge is -2.15. The molecule has 0 radical (unpaired) electrons. The Bertz CT molecular complexity index is 1220. The van der Waals surface area contributed by atoms with E-state index in [2.05, 4.69) is 50.5 Å². The molecule has 0 unspecified atom stereocenters. The van der Waals surface area contributed by atoms with Crippen LogP contribution in [0, 0.1) is 0 Å². The minimum atomic E-state index is -0.213. The molecule has 3 rings (SSSR count). The lowest BCUT2D eigenvalue weighted by Crippen LogP contribution is -2.23. The molecular weight excluding hydrogens is 538 g/mol. The molecule has 0 spiro atoms. The molecule has 0 saturated carbocycles. The first-order chi connectivity index (χ1) is 15.4. The number of benzene rings is 2. The lowest BCUT2D eigenvalue weighted by atomic mass is 10.1. The van der Waals surface area contributed by atoms with Gasteiger partial charge in [0.15, 0.2) is 11.5 Å². The fourth-order valence-corrected chi connectivity index (χ4v) is 3.86. The quantitative estimate of drug-likeness (QED) is 0.227. The first kappa shape index (κ1) is 24.2. The topological polar surface area (TPSA) is 65.7 Å². The number of nitrogens with zero attached hydrogens (tertiary/aromatic N) is 3. The van der Waals surface area contributed by atoms with Gasteiger partial charge in [0, 0.05) is 20.4 Å². The van der Waals surface area contributed by atoms with E-state index in [0.717, 1.165) is 20.9 Å². The molecule has 0 fully saturated rings. The van der Waals surface area contributed by atoms with Crippen molar-refractivity contribution in [2.75, 3.05) is 13.2 Å². The van der Waals surface area contributed by atoms with Gasteiger partial charge in [-0.1, -0.05) is 42.4 Å². The lowest BCUT2D eigenvalue weighted by molar-refractivity contribution is 0.296. The molecule has 0 saturated heterocycles. The van der Waals surface area contributed by atoms with Crippen molar-refractivity contribution in [1.82, 2.24) is 9.66 Å². The van der Waals surface area contributed by atoms with Crippen molar-refractivity contribution in [1.29, 1.82) is 0 Å². The van der Waals surface area contributed by atoms with Gasteiger partial charge in [0.25, 0.3) is 5.56 Å². The van der Waals surface area contributed by atoms with E-state index in [1.165, 1.54) is 4.68 Å². The Kier molecular flexibility index (Phi) is 8.26. The van der Waals surface area contributed by atoms with E-state index in [1.807, 2.05) is 38.1 Å². The molecule has 0 N–H and O–H groups in total. The van der Waals surface area contributed by atoms with Crippen LogP contribution in [-0.2, 0) is 0 Å². The van der Waals surface area contributed by atoms with Gasteiger partial charge in [0.2, 0.25) is 0 Å². The minimum absolute atomic E-state index is 0.0602. The van der Waals surface area contributed by atoms with Crippen LogP contribution < -0.4 is 15.0 Å². The van der Waals surface area contributed by atoms with E-state index in [4.69, 9.17) is 14.5 Å². The molecular formula is C24H25Br2N3O3. The molecule has 168 valence electrons. The zero-order valence-corrected chi connectivity index (χ0v) is 21.4. The van der Waals surface area contributed by atoms with Crippen LogP contribution >= 0.6 is 31.9 Å². The third-order valence-electron chi connectivity index (χ3n) is 4.92. The van der Waals surface area contributed by atoms with Crippen LogP contribution in [0.5, 0.6) is 11.5 Å². The van der Waals surface area contributed by atoms with Crippen molar-refractivity contribution in [3.8, 4) is 11.5 Å². The summed E-state index contributed by atoms with van der Waals surface area (Å²) in [6, 6.07) is 9.14. The Hall–Kier alpha value is -2.45. The van der Waals surface area contributed by atoms with Crippen molar-refractivity contribution < 1.29 is 9.47 Å². The molecule has 6 nitrogen and oxygen atoms in total. The number of hydrogen-bond acceptors (Lipinski definition) is 5. The van der Waals surface area contributed by atoms with Crippen LogP contribution in [0.1, 0.15) is 44.5 Å². The zero-order chi connectivity index (χ0) is 23.3. The number of rotatable bonds is 9. The Morgan fingerprint density at radius 1 is 1.19 bits per heavy atom. The summed E-state index contributed by atoms with van der Waals surface area (Å²) in [5.74, 6) is 1.88. The van der Waals surface area contributed by atoms with E-state index < -0.39 is 0 Å². The molecule has 1 atom stereocenters. The Balaban J connectivity index is 2.13. The van der Waals surface area contributed by atoms with Gasteiger partial charge in [-0.25, -0.2) is 4.98 Å². The summed E-state index contributed by atoms with van der Waals surface area (Å²) >= 11 is 7.00. The minimum Gasteiger partial charge on any atom is -0.490 e. The summed E-state index contributed by atoms with van der Waals surface area (Å²) in [7, 11) is 0. The van der Waals surface area contributed by atoms with Crippen LogP contribution in [-0.4, -0.2) is 29.1 Å². The van der Waals surface area contributed by atoms with E-state index in [-0.39, 0.29) is 11.5 Å². The van der Waals surface area contributed by atoms with E-state index in [0.29, 0.717) is 41.4 Å². The second-order valence-electron chi connectivity index (χ2n) is 7.16. The number of hydrogen-bond donors (Lipinski definition) is 0. The summed E-state index contributed by atoms with van der Waals surface area (Å²) in [4.78, 5) is 18.0. The van der Waals surface area contributed by atoms with Gasteiger partial charge in [-0.2, -0.15) is 9.78 Å². The first-order valence-electron chi connectivity index (χ1n) is 10.4. The third-order valence-corrected chi connectivity index (χ3v) is 6.10. The van der Waals surface area contributed by atoms with Gasteiger partial charge in [0.1, 0.15) is 12.4 Å². The molecule has 2 aromatic carbocycles. The van der Waals surface area contributed by atoms with Gasteiger partial charge in [-0.3, -0.25) is 4.79 Å². The monoisotopic (exact) mass is 561 g/mol. The maximum absolute atomic E-state index is 13.3. The maximum Gasteiger partial charge on any atom is 0.282 e. The van der Waals surface area contributed by atoms with Crippen LogP contribution in [0.3, 0.4) is 0 Å². The van der Waals surface area contributed by atoms with Gasteiger partial charge in [-0.15, -0.1) is 0 Å². The fraction of sp³-hybridized carbons (Fsp3) is 0.292. The van der Waals surface area contributed by atoms with Crippen LogP contribution in [0.2, 0.25) is 0 Å². The predicted octanol–water partition coefficient (Wildman–Crippen LogP) is 6.28. The van der Waals surface area contributed by atoms with Crippen molar-refractivity contribution in [3.63, 3.8) is 0 Å². The molecule has 0 aliphatic carbocycles. The Labute approximate surface area is 204 Å². The smallest absolute Gasteiger partial charge is 0.282 e. The average Bonchev–Trinajstić information content (AvgIpc) is 2.78. The number of aromatic nitrogens is 2. The number of halogens is 2. The highest BCUT2D eigenvalue weighted by molar-refractivity contribution is 9.10. The highest BCUT2D eigenvalue weighted by Crippen LogP contribution is 2.33. The molecule has 0 amide bonds. The molecule has 8 heteroatoms. The van der Waals surface area contributed by atoms with Crippen molar-refractivity contribution in [2.24, 2.45) is 5.10 Å². The van der Waals surface area contributed by atoms with Crippen molar-refractivity contribution in [2.45, 2.75) is 33.1 Å². The molecule has 1 heterocycles. The van der Waals surface area contributed by atoms with Gasteiger partial charge in [-0.05, 0) is 59.6 Å². The second kappa shape index (κ2) is 10.9. The molecule has 1 aromatic heterocycles. The zero-order valence-electron chi connectivity index (χ0n) is 18.3. The van der Waals surface area contributed by atoms with Gasteiger partial charge < -0.3 is 9.47 Å². The van der Waals surface area contributed by atoms with Crippen LogP contribution in [0.4, 0.5) is 0 Å². The number of fused-ring (bicyclic) bond motifs is 1. The summed E-state index contributed by atoms with van der Waals surface area (Å²) in [5, 5.41) is 5.04. The predicted molar refractivity (Wildman–Crippen MR) is 136 cm³/mol. The van der Waals surface area contributed by atoms with Crippen molar-refractivity contribution >= 4 is 49.0 Å². The highest BCUT2D eigenvalue weighted by Gasteiger charge is 2.16. The van der Waals surface area contributed by atoms with E-state index >= 15 is 0 Å². The standard InChI is InChI=1S/C24H25Br2N3O3/c1-5-10-32-22-13-19(26)16(11-21(22)31-7-3)14-27-29-23(15(4)6-2)28-20-9-8-17(25)12-18(20)24(29)30/h5,8-9,11-15H,1,6-7,10H2,2-4H3/t15-/m1/s1. The Morgan fingerprint density at radius 2 is 1.94 bits per heavy atom. The maximum atomic E-state index is 13.3. The molecule has 3 aromatic rings. The second-order valence-corrected chi connectivity index (χ2v) is 8.93. The summed E-state index contributed by atoms with van der Waals surface area (Å²) in [5.41, 5.74) is 1.19. The number of ether oxygens (including phenoxy) is 2. The first-order valence-corrected chi connectivity index (χ1v) is 11.9. The molecule has 32 heavy (non-hydrogen) atoms. The molecule has 0 aliphatic rings. The summed E-state index contributed by atoms with van der Waals surface area (Å²) in [6.07, 6.45) is 4.13. The molecule has 0 bridgehead atoms. The largest absolute Gasteiger partial charge is 0.490 e. The van der Waals surface area contributed by atoms with Crippen molar-refractivity contribution in [3.05, 3.63) is 73.7 Å². The SMILES string of the molecule is C=CCOc1cc(Br)c(C=Nn2c([C@H](C)CC)nc3ccc(Br)cc3c2=O)cc1OCC.